The average molecular weight is 571 g/mol. The van der Waals surface area contributed by atoms with Crippen LogP contribution in [0.1, 0.15) is 31.4 Å². The van der Waals surface area contributed by atoms with Gasteiger partial charge in [-0.3, -0.25) is 13.9 Å². The monoisotopic (exact) mass is 571 g/mol. The molecular weight excluding hydrogens is 541 g/mol. The fourth-order valence-electron chi connectivity index (χ4n) is 3.32. The number of amides is 2. The molecule has 2 aromatic carbocycles. The lowest BCUT2D eigenvalue weighted by Gasteiger charge is -2.32. The summed E-state index contributed by atoms with van der Waals surface area (Å²) in [7, 11) is -3.72. The van der Waals surface area contributed by atoms with Gasteiger partial charge in [0, 0.05) is 16.7 Å². The van der Waals surface area contributed by atoms with Crippen LogP contribution in [-0.2, 0) is 26.2 Å². The summed E-state index contributed by atoms with van der Waals surface area (Å²) < 4.78 is 27.1. The van der Waals surface area contributed by atoms with Crippen molar-refractivity contribution in [2.45, 2.75) is 39.8 Å². The van der Waals surface area contributed by atoms with Crippen LogP contribution in [0.2, 0.25) is 0 Å². The molecule has 0 aromatic heterocycles. The summed E-state index contributed by atoms with van der Waals surface area (Å²) in [5.74, 6) is -0.691. The summed E-state index contributed by atoms with van der Waals surface area (Å²) in [6, 6.07) is 13.9. The number of carbonyl (C=O) groups excluding carboxylic acids is 2. The number of hydrogen-bond acceptors (Lipinski definition) is 4. The Labute approximate surface area is 204 Å². The van der Waals surface area contributed by atoms with Crippen LogP contribution < -0.4 is 9.62 Å². The van der Waals surface area contributed by atoms with Gasteiger partial charge in [-0.1, -0.05) is 36.8 Å². The highest BCUT2D eigenvalue weighted by Crippen LogP contribution is 2.21. The first kappa shape index (κ1) is 26.1. The second-order valence-corrected chi connectivity index (χ2v) is 10.7. The van der Waals surface area contributed by atoms with Crippen molar-refractivity contribution in [3.05, 3.63) is 63.2 Å². The SMILES string of the molecule is CCNC(=O)[C@H](CC)N(Cc1ccc(C)cc1)C(=O)CN(c1ccc(I)cc1)S(C)(=O)=O. The van der Waals surface area contributed by atoms with Crippen molar-refractivity contribution in [3.8, 4) is 0 Å². The zero-order chi connectivity index (χ0) is 23.9. The summed E-state index contributed by atoms with van der Waals surface area (Å²) in [5, 5.41) is 2.78. The third-order valence-electron chi connectivity index (χ3n) is 5.00. The minimum atomic E-state index is -3.72. The van der Waals surface area contributed by atoms with Gasteiger partial charge in [-0.15, -0.1) is 0 Å². The van der Waals surface area contributed by atoms with E-state index in [9.17, 15) is 18.0 Å². The topological polar surface area (TPSA) is 86.8 Å². The van der Waals surface area contributed by atoms with Crippen LogP contribution in [0.15, 0.2) is 48.5 Å². The van der Waals surface area contributed by atoms with Gasteiger partial charge >= 0.3 is 0 Å². The third-order valence-corrected chi connectivity index (χ3v) is 6.86. The van der Waals surface area contributed by atoms with Crippen LogP contribution in [0.3, 0.4) is 0 Å². The van der Waals surface area contributed by atoms with E-state index in [4.69, 9.17) is 0 Å². The first-order valence-corrected chi connectivity index (χ1v) is 13.4. The number of rotatable bonds is 10. The Kier molecular flexibility index (Phi) is 9.50. The van der Waals surface area contributed by atoms with Crippen LogP contribution in [0.5, 0.6) is 0 Å². The van der Waals surface area contributed by atoms with Crippen molar-refractivity contribution in [2.75, 3.05) is 23.7 Å². The molecule has 0 fully saturated rings. The molecule has 0 aliphatic heterocycles. The molecule has 0 radical (unpaired) electrons. The summed E-state index contributed by atoms with van der Waals surface area (Å²) in [5.41, 5.74) is 2.36. The summed E-state index contributed by atoms with van der Waals surface area (Å²) in [4.78, 5) is 27.6. The maximum Gasteiger partial charge on any atom is 0.244 e. The van der Waals surface area contributed by atoms with Crippen LogP contribution in [0.25, 0.3) is 0 Å². The molecule has 32 heavy (non-hydrogen) atoms. The second kappa shape index (κ2) is 11.6. The van der Waals surface area contributed by atoms with Crippen molar-refractivity contribution in [2.24, 2.45) is 0 Å². The Balaban J connectivity index is 2.40. The highest BCUT2D eigenvalue weighted by atomic mass is 127. The Morgan fingerprint density at radius 1 is 1.03 bits per heavy atom. The smallest absolute Gasteiger partial charge is 0.244 e. The molecule has 2 rings (SSSR count). The number of anilines is 1. The largest absolute Gasteiger partial charge is 0.355 e. The van der Waals surface area contributed by atoms with Crippen molar-refractivity contribution in [1.82, 2.24) is 10.2 Å². The van der Waals surface area contributed by atoms with E-state index in [1.807, 2.05) is 45.0 Å². The Morgan fingerprint density at radius 2 is 1.62 bits per heavy atom. The van der Waals surface area contributed by atoms with Crippen molar-refractivity contribution < 1.29 is 18.0 Å². The van der Waals surface area contributed by atoms with Gasteiger partial charge in [0.15, 0.2) is 0 Å². The minimum Gasteiger partial charge on any atom is -0.355 e. The van der Waals surface area contributed by atoms with Crippen LogP contribution >= 0.6 is 22.6 Å². The van der Waals surface area contributed by atoms with Crippen molar-refractivity contribution in [3.63, 3.8) is 0 Å². The maximum atomic E-state index is 13.5. The molecule has 0 heterocycles. The first-order chi connectivity index (χ1) is 15.1. The zero-order valence-corrected chi connectivity index (χ0v) is 21.8. The minimum absolute atomic E-state index is 0.207. The average Bonchev–Trinajstić information content (AvgIpc) is 2.73. The van der Waals surface area contributed by atoms with Gasteiger partial charge in [-0.25, -0.2) is 8.42 Å². The van der Waals surface area contributed by atoms with E-state index in [-0.39, 0.29) is 19.0 Å². The number of nitrogens with zero attached hydrogens (tertiary/aromatic N) is 2. The first-order valence-electron chi connectivity index (χ1n) is 10.4. The molecule has 0 aliphatic rings. The fraction of sp³-hybridized carbons (Fsp3) is 0.391. The standard InChI is InChI=1S/C23H30IN3O4S/c1-5-21(23(29)25-6-2)26(15-18-9-7-17(3)8-10-18)22(28)16-27(32(4,30)31)20-13-11-19(24)12-14-20/h7-14,21H,5-6,15-16H2,1-4H3,(H,25,29)/t21-/m0/s1. The molecule has 9 heteroatoms. The van der Waals surface area contributed by atoms with Crippen LogP contribution in [0, 0.1) is 10.5 Å². The van der Waals surface area contributed by atoms with Gasteiger partial charge < -0.3 is 10.2 Å². The van der Waals surface area contributed by atoms with Crippen LogP contribution in [-0.4, -0.2) is 50.5 Å². The van der Waals surface area contributed by atoms with E-state index in [1.165, 1.54) is 4.90 Å². The predicted octanol–water partition coefficient (Wildman–Crippen LogP) is 3.31. The second-order valence-electron chi connectivity index (χ2n) is 7.57. The normalized spacial score (nSPS) is 12.2. The summed E-state index contributed by atoms with van der Waals surface area (Å²) >= 11 is 2.13. The van der Waals surface area contributed by atoms with Crippen molar-refractivity contribution in [1.29, 1.82) is 0 Å². The van der Waals surface area contributed by atoms with E-state index in [0.29, 0.717) is 18.7 Å². The fourth-order valence-corrected chi connectivity index (χ4v) is 4.53. The number of nitrogens with one attached hydrogen (secondary N) is 1. The quantitative estimate of drug-likeness (QED) is 0.444. The van der Waals surface area contributed by atoms with Gasteiger partial charge in [-0.05, 0) is 72.7 Å². The molecule has 0 spiro atoms. The molecule has 0 unspecified atom stereocenters. The molecular formula is C23H30IN3O4S. The lowest BCUT2D eigenvalue weighted by atomic mass is 10.1. The zero-order valence-electron chi connectivity index (χ0n) is 18.8. The van der Waals surface area contributed by atoms with E-state index in [1.54, 1.807) is 24.3 Å². The molecule has 174 valence electrons. The number of benzene rings is 2. The Morgan fingerprint density at radius 3 is 2.12 bits per heavy atom. The number of aryl methyl sites for hydroxylation is 1. The van der Waals surface area contributed by atoms with Gasteiger partial charge in [0.25, 0.3) is 0 Å². The number of carbonyl (C=O) groups is 2. The highest BCUT2D eigenvalue weighted by Gasteiger charge is 2.31. The Bertz CT molecular complexity index is 1020. The third kappa shape index (κ3) is 7.19. The summed E-state index contributed by atoms with van der Waals surface area (Å²) in [6.07, 6.45) is 1.48. The molecule has 0 saturated heterocycles. The van der Waals surface area contributed by atoms with E-state index < -0.39 is 22.0 Å². The van der Waals surface area contributed by atoms with E-state index >= 15 is 0 Å². The number of hydrogen-bond donors (Lipinski definition) is 1. The molecule has 2 aromatic rings. The molecule has 2 amide bonds. The van der Waals surface area contributed by atoms with Gasteiger partial charge in [0.1, 0.15) is 12.6 Å². The van der Waals surface area contributed by atoms with Crippen molar-refractivity contribution >= 4 is 50.1 Å². The Hall–Kier alpha value is -2.14. The lowest BCUT2D eigenvalue weighted by Crippen LogP contribution is -2.52. The molecule has 1 N–H and O–H groups in total. The van der Waals surface area contributed by atoms with Gasteiger partial charge in [-0.2, -0.15) is 0 Å². The highest BCUT2D eigenvalue weighted by molar-refractivity contribution is 14.1. The van der Waals surface area contributed by atoms with Gasteiger partial charge in [0.05, 0.1) is 11.9 Å². The molecule has 1 atom stereocenters. The lowest BCUT2D eigenvalue weighted by molar-refractivity contribution is -0.140. The van der Waals surface area contributed by atoms with E-state index in [0.717, 1.165) is 25.3 Å². The van der Waals surface area contributed by atoms with Crippen LogP contribution in [0.4, 0.5) is 5.69 Å². The maximum absolute atomic E-state index is 13.5. The molecule has 0 aliphatic carbocycles. The summed E-state index contributed by atoms with van der Waals surface area (Å²) in [6.45, 7) is 5.89. The van der Waals surface area contributed by atoms with Gasteiger partial charge in [0.2, 0.25) is 21.8 Å². The molecule has 0 bridgehead atoms. The predicted molar refractivity (Wildman–Crippen MR) is 136 cm³/mol. The molecule has 0 saturated carbocycles. The number of likely N-dealkylation sites (N-methyl/N-ethyl adjacent to an activating group) is 1. The number of sulfonamides is 1. The molecule has 7 nitrogen and oxygen atoms in total. The van der Waals surface area contributed by atoms with E-state index in [2.05, 4.69) is 27.9 Å². The number of halogens is 1.